The Balaban J connectivity index is 0.00000144. The molecular weight excluding hydrogens is 345 g/mol. The lowest BCUT2D eigenvalue weighted by atomic mass is 9.92. The van der Waals surface area contributed by atoms with E-state index in [2.05, 4.69) is 46.7 Å². The molecule has 2 heterocycles. The smallest absolute Gasteiger partial charge is 0.223 e. The molecular formula is C18H29Cl2N3O. The van der Waals surface area contributed by atoms with Gasteiger partial charge in [-0.15, -0.1) is 24.8 Å². The van der Waals surface area contributed by atoms with Gasteiger partial charge in [-0.3, -0.25) is 4.79 Å². The molecule has 2 atom stereocenters. The zero-order valence-electron chi connectivity index (χ0n) is 14.3. The lowest BCUT2D eigenvalue weighted by Crippen LogP contribution is -2.42. The minimum atomic E-state index is 0. The van der Waals surface area contributed by atoms with Crippen LogP contribution in [0.2, 0.25) is 0 Å². The van der Waals surface area contributed by atoms with E-state index in [1.165, 1.54) is 11.3 Å². The number of para-hydroxylation sites is 1. The molecule has 0 saturated carbocycles. The van der Waals surface area contributed by atoms with Crippen molar-refractivity contribution in [1.82, 2.24) is 10.6 Å². The highest BCUT2D eigenvalue weighted by atomic mass is 35.5. The van der Waals surface area contributed by atoms with Crippen molar-refractivity contribution in [2.24, 2.45) is 5.92 Å². The van der Waals surface area contributed by atoms with Crippen LogP contribution in [-0.2, 0) is 11.2 Å². The average molecular weight is 374 g/mol. The van der Waals surface area contributed by atoms with Crippen molar-refractivity contribution in [3.05, 3.63) is 29.8 Å². The topological polar surface area (TPSA) is 44.4 Å². The normalized spacial score (nSPS) is 22.1. The summed E-state index contributed by atoms with van der Waals surface area (Å²) in [6.07, 6.45) is 4.09. The number of carbonyl (C=O) groups is 1. The van der Waals surface area contributed by atoms with Crippen LogP contribution >= 0.6 is 24.8 Å². The van der Waals surface area contributed by atoms with E-state index in [1.807, 2.05) is 0 Å². The van der Waals surface area contributed by atoms with Crippen LogP contribution in [0.4, 0.5) is 5.69 Å². The minimum Gasteiger partial charge on any atom is -0.371 e. The van der Waals surface area contributed by atoms with E-state index in [0.29, 0.717) is 6.04 Å². The maximum atomic E-state index is 12.2. The third-order valence-electron chi connectivity index (χ3n) is 4.88. The zero-order valence-corrected chi connectivity index (χ0v) is 15.9. The second-order valence-electron chi connectivity index (χ2n) is 6.59. The summed E-state index contributed by atoms with van der Waals surface area (Å²) in [6, 6.07) is 9.11. The van der Waals surface area contributed by atoms with E-state index < -0.39 is 0 Å². The van der Waals surface area contributed by atoms with Crippen LogP contribution in [0.1, 0.15) is 31.7 Å². The number of benzene rings is 1. The average Bonchev–Trinajstić information content (AvgIpc) is 2.95. The van der Waals surface area contributed by atoms with Crippen molar-refractivity contribution in [2.45, 2.75) is 38.6 Å². The third-order valence-corrected chi connectivity index (χ3v) is 4.88. The van der Waals surface area contributed by atoms with Gasteiger partial charge in [0.2, 0.25) is 5.91 Å². The van der Waals surface area contributed by atoms with Crippen LogP contribution in [0, 0.1) is 5.92 Å². The number of hydrogen-bond acceptors (Lipinski definition) is 3. The Labute approximate surface area is 157 Å². The number of carbonyl (C=O) groups excluding carboxylic acids is 1. The lowest BCUT2D eigenvalue weighted by molar-refractivity contribution is -0.126. The molecule has 3 rings (SSSR count). The summed E-state index contributed by atoms with van der Waals surface area (Å²) >= 11 is 0. The van der Waals surface area contributed by atoms with Gasteiger partial charge in [-0.25, -0.2) is 0 Å². The van der Waals surface area contributed by atoms with Crippen LogP contribution in [0.25, 0.3) is 0 Å². The van der Waals surface area contributed by atoms with Crippen molar-refractivity contribution in [1.29, 1.82) is 0 Å². The monoisotopic (exact) mass is 373 g/mol. The largest absolute Gasteiger partial charge is 0.371 e. The third kappa shape index (κ3) is 5.27. The van der Waals surface area contributed by atoms with Gasteiger partial charge >= 0.3 is 0 Å². The van der Waals surface area contributed by atoms with Crippen LogP contribution in [0.15, 0.2) is 24.3 Å². The number of anilines is 1. The molecule has 1 aromatic carbocycles. The van der Waals surface area contributed by atoms with Crippen LogP contribution < -0.4 is 15.5 Å². The van der Waals surface area contributed by atoms with E-state index in [-0.39, 0.29) is 36.6 Å². The van der Waals surface area contributed by atoms with Gasteiger partial charge in [-0.05, 0) is 50.8 Å². The Morgan fingerprint density at radius 2 is 2.12 bits per heavy atom. The molecule has 1 fully saturated rings. The van der Waals surface area contributed by atoms with Gasteiger partial charge in [-0.1, -0.05) is 18.2 Å². The summed E-state index contributed by atoms with van der Waals surface area (Å²) in [5.74, 6) is 0.443. The molecule has 4 nitrogen and oxygen atoms in total. The first-order valence-electron chi connectivity index (χ1n) is 8.58. The highest BCUT2D eigenvalue weighted by Crippen LogP contribution is 2.27. The first-order valence-corrected chi connectivity index (χ1v) is 8.58. The van der Waals surface area contributed by atoms with E-state index in [4.69, 9.17) is 0 Å². The van der Waals surface area contributed by atoms with Crippen LogP contribution in [0.5, 0.6) is 0 Å². The molecule has 0 unspecified atom stereocenters. The molecule has 0 spiro atoms. The number of hydrogen-bond donors (Lipinski definition) is 2. The summed E-state index contributed by atoms with van der Waals surface area (Å²) < 4.78 is 0. The zero-order chi connectivity index (χ0) is 15.4. The van der Waals surface area contributed by atoms with Crippen LogP contribution in [0.3, 0.4) is 0 Å². The molecule has 2 N–H and O–H groups in total. The molecule has 6 heteroatoms. The predicted molar refractivity (Wildman–Crippen MR) is 105 cm³/mol. The van der Waals surface area contributed by atoms with Crippen molar-refractivity contribution in [3.63, 3.8) is 0 Å². The van der Waals surface area contributed by atoms with Gasteiger partial charge < -0.3 is 15.5 Å². The summed E-state index contributed by atoms with van der Waals surface area (Å²) in [4.78, 5) is 14.6. The lowest BCUT2D eigenvalue weighted by Gasteiger charge is -2.27. The maximum Gasteiger partial charge on any atom is 0.223 e. The Morgan fingerprint density at radius 1 is 1.33 bits per heavy atom. The van der Waals surface area contributed by atoms with E-state index in [9.17, 15) is 4.79 Å². The summed E-state index contributed by atoms with van der Waals surface area (Å²) in [7, 11) is 0. The van der Waals surface area contributed by atoms with Crippen molar-refractivity contribution in [3.8, 4) is 0 Å². The molecule has 0 aliphatic carbocycles. The highest BCUT2D eigenvalue weighted by Gasteiger charge is 2.24. The fourth-order valence-electron chi connectivity index (χ4n) is 3.63. The quantitative estimate of drug-likeness (QED) is 0.779. The molecule has 136 valence electrons. The first kappa shape index (κ1) is 21.1. The first-order chi connectivity index (χ1) is 10.7. The van der Waals surface area contributed by atoms with Gasteiger partial charge in [0, 0.05) is 37.3 Å². The van der Waals surface area contributed by atoms with Gasteiger partial charge in [-0.2, -0.15) is 0 Å². The number of fused-ring (bicyclic) bond motifs is 1. The molecule has 24 heavy (non-hydrogen) atoms. The Kier molecular flexibility index (Phi) is 8.88. The molecule has 0 bridgehead atoms. The summed E-state index contributed by atoms with van der Waals surface area (Å²) in [5, 5.41) is 6.52. The van der Waals surface area contributed by atoms with Crippen molar-refractivity contribution in [2.75, 3.05) is 31.1 Å². The number of rotatable bonds is 5. The summed E-state index contributed by atoms with van der Waals surface area (Å²) in [6.45, 7) is 6.04. The van der Waals surface area contributed by atoms with Crippen molar-refractivity contribution >= 4 is 36.4 Å². The molecule has 2 aliphatic heterocycles. The maximum absolute atomic E-state index is 12.2. The minimum absolute atomic E-state index is 0. The SMILES string of the molecule is C[C@H]1C[C@@H](C(=O)NCCCN2CCc3ccccc32)CCN1.Cl.Cl. The van der Waals surface area contributed by atoms with E-state index in [0.717, 1.165) is 51.9 Å². The van der Waals surface area contributed by atoms with Crippen molar-refractivity contribution < 1.29 is 4.79 Å². The number of nitrogens with one attached hydrogen (secondary N) is 2. The molecule has 2 aliphatic rings. The highest BCUT2D eigenvalue weighted by molar-refractivity contribution is 5.85. The molecule has 0 radical (unpaired) electrons. The fraction of sp³-hybridized carbons (Fsp3) is 0.611. The van der Waals surface area contributed by atoms with E-state index >= 15 is 0 Å². The second kappa shape index (κ2) is 10.1. The fourth-order valence-corrected chi connectivity index (χ4v) is 3.63. The Morgan fingerprint density at radius 3 is 2.92 bits per heavy atom. The molecule has 1 aromatic rings. The Bertz CT molecular complexity index is 527. The molecule has 1 saturated heterocycles. The van der Waals surface area contributed by atoms with Gasteiger partial charge in [0.1, 0.15) is 0 Å². The van der Waals surface area contributed by atoms with Gasteiger partial charge in [0.15, 0.2) is 0 Å². The van der Waals surface area contributed by atoms with E-state index in [1.54, 1.807) is 0 Å². The van der Waals surface area contributed by atoms with Crippen LogP contribution in [-0.4, -0.2) is 38.1 Å². The number of amides is 1. The molecule has 0 aromatic heterocycles. The van der Waals surface area contributed by atoms with Gasteiger partial charge in [0.25, 0.3) is 0 Å². The number of nitrogens with zero attached hydrogens (tertiary/aromatic N) is 1. The number of halogens is 2. The summed E-state index contributed by atoms with van der Waals surface area (Å²) in [5.41, 5.74) is 2.83. The second-order valence-corrected chi connectivity index (χ2v) is 6.59. The molecule has 1 amide bonds. The Hall–Kier alpha value is -0.970. The standard InChI is InChI=1S/C18H27N3O.2ClH/c1-14-13-16(7-10-19-14)18(22)20-9-4-11-21-12-8-15-5-2-3-6-17(15)21;;/h2-3,5-6,14,16,19H,4,7-13H2,1H3,(H,20,22);2*1H/t14-,16-;;/m0../s1. The predicted octanol–water partition coefficient (Wildman–Crippen LogP) is 2.79. The van der Waals surface area contributed by atoms with Gasteiger partial charge in [0.05, 0.1) is 0 Å². The number of piperidine rings is 1.